The van der Waals surface area contributed by atoms with Crippen molar-refractivity contribution in [2.45, 2.75) is 32.4 Å². The highest BCUT2D eigenvalue weighted by molar-refractivity contribution is 9.11. The molecule has 4 nitrogen and oxygen atoms in total. The molecule has 0 saturated carbocycles. The first-order valence-corrected chi connectivity index (χ1v) is 7.58. The molecule has 1 aromatic rings. The Labute approximate surface area is 131 Å². The van der Waals surface area contributed by atoms with Gasteiger partial charge in [-0.1, -0.05) is 0 Å². The number of halogens is 2. The van der Waals surface area contributed by atoms with Crippen molar-refractivity contribution >= 4 is 37.5 Å². The second kappa shape index (κ2) is 6.92. The number of β-amino-alcohol motifs (C(OH)–C–C–N with tert-alkyl or cyclic N) is 1. The van der Waals surface area contributed by atoms with Crippen LogP contribution in [0, 0.1) is 0 Å². The molecule has 0 aliphatic heterocycles. The molecule has 1 aromatic carbocycles. The number of ether oxygens (including phenoxy) is 1. The van der Waals surface area contributed by atoms with E-state index in [1.807, 2.05) is 26.8 Å². The zero-order valence-electron chi connectivity index (χ0n) is 11.3. The average Bonchev–Trinajstić information content (AvgIpc) is 2.32. The predicted molar refractivity (Wildman–Crippen MR) is 85.5 cm³/mol. The van der Waals surface area contributed by atoms with Crippen molar-refractivity contribution in [1.29, 1.82) is 0 Å². The van der Waals surface area contributed by atoms with Gasteiger partial charge in [-0.15, -0.1) is 0 Å². The normalized spacial score (nSPS) is 13.4. The van der Waals surface area contributed by atoms with Gasteiger partial charge in [-0.2, -0.15) is 0 Å². The van der Waals surface area contributed by atoms with E-state index in [2.05, 4.69) is 37.2 Å². The van der Waals surface area contributed by atoms with E-state index in [9.17, 15) is 5.11 Å². The zero-order valence-corrected chi connectivity index (χ0v) is 14.5. The molecule has 0 spiro atoms. The molecule has 4 N–H and O–H groups in total. The van der Waals surface area contributed by atoms with Gasteiger partial charge in [0.05, 0.1) is 10.2 Å². The van der Waals surface area contributed by atoms with Gasteiger partial charge in [0.25, 0.3) is 0 Å². The molecule has 108 valence electrons. The third kappa shape index (κ3) is 5.69. The summed E-state index contributed by atoms with van der Waals surface area (Å²) < 4.78 is 7.06. The molecular weight excluding hydrogens is 376 g/mol. The van der Waals surface area contributed by atoms with Gasteiger partial charge >= 0.3 is 0 Å². The summed E-state index contributed by atoms with van der Waals surface area (Å²) in [5.74, 6) is 0.621. The van der Waals surface area contributed by atoms with Crippen molar-refractivity contribution in [3.8, 4) is 5.75 Å². The van der Waals surface area contributed by atoms with E-state index in [1.165, 1.54) is 0 Å². The Kier molecular flexibility index (Phi) is 6.11. The number of benzene rings is 1. The van der Waals surface area contributed by atoms with E-state index in [-0.39, 0.29) is 12.1 Å². The Hall–Kier alpha value is -0.300. The van der Waals surface area contributed by atoms with Crippen LogP contribution in [-0.2, 0) is 0 Å². The molecule has 0 saturated heterocycles. The number of aliphatic hydroxyl groups excluding tert-OH is 1. The zero-order chi connectivity index (χ0) is 14.6. The molecule has 0 bridgehead atoms. The molecule has 0 heterocycles. The summed E-state index contributed by atoms with van der Waals surface area (Å²) in [6, 6.07) is 3.61. The Morgan fingerprint density at radius 2 is 2.00 bits per heavy atom. The first-order valence-electron chi connectivity index (χ1n) is 6.00. The summed E-state index contributed by atoms with van der Waals surface area (Å²) >= 11 is 6.71. The van der Waals surface area contributed by atoms with Crippen molar-refractivity contribution in [3.63, 3.8) is 0 Å². The molecule has 0 aromatic heterocycles. The van der Waals surface area contributed by atoms with Gasteiger partial charge in [0, 0.05) is 16.6 Å². The van der Waals surface area contributed by atoms with E-state index < -0.39 is 6.10 Å². The number of hydrogen-bond donors (Lipinski definition) is 3. The summed E-state index contributed by atoms with van der Waals surface area (Å²) in [6.45, 7) is 6.83. The molecule has 0 amide bonds. The quantitative estimate of drug-likeness (QED) is 0.670. The van der Waals surface area contributed by atoms with Gasteiger partial charge in [0.2, 0.25) is 0 Å². The molecule has 1 rings (SSSR count). The highest BCUT2D eigenvalue weighted by Gasteiger charge is 2.14. The topological polar surface area (TPSA) is 67.5 Å². The van der Waals surface area contributed by atoms with Crippen molar-refractivity contribution in [2.75, 3.05) is 18.9 Å². The van der Waals surface area contributed by atoms with Crippen LogP contribution in [0.4, 0.5) is 5.69 Å². The summed E-state index contributed by atoms with van der Waals surface area (Å²) in [6.07, 6.45) is -0.573. The minimum absolute atomic E-state index is 0.0242. The lowest BCUT2D eigenvalue weighted by Gasteiger charge is -2.23. The minimum Gasteiger partial charge on any atom is -0.490 e. The first-order chi connectivity index (χ1) is 8.70. The van der Waals surface area contributed by atoms with Gasteiger partial charge in [-0.25, -0.2) is 0 Å². The Morgan fingerprint density at radius 3 is 2.58 bits per heavy atom. The molecular formula is C13H20Br2N2O2. The van der Waals surface area contributed by atoms with Crippen molar-refractivity contribution in [3.05, 3.63) is 21.1 Å². The van der Waals surface area contributed by atoms with Crippen LogP contribution in [0.2, 0.25) is 0 Å². The lowest BCUT2D eigenvalue weighted by atomic mass is 10.1. The number of aliphatic hydroxyl groups is 1. The fourth-order valence-corrected chi connectivity index (χ4v) is 2.39. The van der Waals surface area contributed by atoms with E-state index in [0.29, 0.717) is 22.5 Å². The fourth-order valence-electron chi connectivity index (χ4n) is 1.33. The lowest BCUT2D eigenvalue weighted by molar-refractivity contribution is 0.0997. The second-order valence-electron chi connectivity index (χ2n) is 5.37. The van der Waals surface area contributed by atoms with Crippen LogP contribution < -0.4 is 15.8 Å². The molecule has 0 radical (unpaired) electrons. The summed E-state index contributed by atoms with van der Waals surface area (Å²) in [7, 11) is 0. The Bertz CT molecular complexity index is 433. The molecule has 6 heteroatoms. The van der Waals surface area contributed by atoms with Crippen LogP contribution in [0.3, 0.4) is 0 Å². The molecule has 0 fully saturated rings. The van der Waals surface area contributed by atoms with E-state index in [1.54, 1.807) is 6.07 Å². The third-order valence-electron chi connectivity index (χ3n) is 2.39. The third-order valence-corrected chi connectivity index (χ3v) is 3.90. The molecule has 0 aliphatic carbocycles. The number of hydrogen-bond acceptors (Lipinski definition) is 4. The molecule has 1 atom stereocenters. The summed E-state index contributed by atoms with van der Waals surface area (Å²) in [4.78, 5) is 0. The number of nitrogen functional groups attached to an aromatic ring is 1. The van der Waals surface area contributed by atoms with Gasteiger partial charge in [-0.05, 0) is 64.8 Å². The second-order valence-corrected chi connectivity index (χ2v) is 7.02. The number of rotatable bonds is 5. The number of anilines is 1. The van der Waals surface area contributed by atoms with Crippen LogP contribution in [-0.4, -0.2) is 29.9 Å². The van der Waals surface area contributed by atoms with Gasteiger partial charge < -0.3 is 20.9 Å². The lowest BCUT2D eigenvalue weighted by Crippen LogP contribution is -2.42. The average molecular weight is 396 g/mol. The van der Waals surface area contributed by atoms with Gasteiger partial charge in [-0.3, -0.25) is 0 Å². The highest BCUT2D eigenvalue weighted by atomic mass is 79.9. The molecule has 1 unspecified atom stereocenters. The largest absolute Gasteiger partial charge is 0.490 e. The van der Waals surface area contributed by atoms with Crippen LogP contribution >= 0.6 is 31.9 Å². The van der Waals surface area contributed by atoms with Crippen LogP contribution in [0.1, 0.15) is 20.8 Å². The van der Waals surface area contributed by atoms with E-state index in [0.717, 1.165) is 4.47 Å². The molecule has 19 heavy (non-hydrogen) atoms. The first kappa shape index (κ1) is 16.8. The van der Waals surface area contributed by atoms with E-state index >= 15 is 0 Å². The van der Waals surface area contributed by atoms with Gasteiger partial charge in [0.1, 0.15) is 18.5 Å². The standard InChI is InChI=1S/C13H20Br2N2O2/c1-13(2,3)17-6-8(18)7-19-10-5-4-9(14)12(16)11(10)15/h4-5,8,17-18H,6-7,16H2,1-3H3. The van der Waals surface area contributed by atoms with Crippen molar-refractivity contribution < 1.29 is 9.84 Å². The monoisotopic (exact) mass is 394 g/mol. The Balaban J connectivity index is 2.51. The van der Waals surface area contributed by atoms with Crippen molar-refractivity contribution in [2.24, 2.45) is 0 Å². The fraction of sp³-hybridized carbons (Fsp3) is 0.538. The SMILES string of the molecule is CC(C)(C)NCC(O)COc1ccc(Br)c(N)c1Br. The van der Waals surface area contributed by atoms with Crippen LogP contribution in [0.5, 0.6) is 5.75 Å². The maximum Gasteiger partial charge on any atom is 0.135 e. The van der Waals surface area contributed by atoms with Crippen LogP contribution in [0.25, 0.3) is 0 Å². The number of nitrogens with two attached hydrogens (primary N) is 1. The number of nitrogens with one attached hydrogen (secondary N) is 1. The molecule has 0 aliphatic rings. The maximum atomic E-state index is 9.85. The Morgan fingerprint density at radius 1 is 1.37 bits per heavy atom. The summed E-state index contributed by atoms with van der Waals surface area (Å²) in [5.41, 5.74) is 6.42. The van der Waals surface area contributed by atoms with Gasteiger partial charge in [0.15, 0.2) is 0 Å². The van der Waals surface area contributed by atoms with Crippen LogP contribution in [0.15, 0.2) is 21.1 Å². The smallest absolute Gasteiger partial charge is 0.135 e. The maximum absolute atomic E-state index is 9.85. The predicted octanol–water partition coefficient (Wildman–Crippen LogP) is 2.92. The van der Waals surface area contributed by atoms with E-state index in [4.69, 9.17) is 10.5 Å². The summed E-state index contributed by atoms with van der Waals surface area (Å²) in [5, 5.41) is 13.1. The minimum atomic E-state index is -0.573. The van der Waals surface area contributed by atoms with Crippen molar-refractivity contribution in [1.82, 2.24) is 5.32 Å². The highest BCUT2D eigenvalue weighted by Crippen LogP contribution is 2.35.